The van der Waals surface area contributed by atoms with Gasteiger partial charge in [-0.2, -0.15) is 0 Å². The molecule has 0 saturated carbocycles. The number of benzene rings is 1. The number of nitro benzene ring substituents is 1. The minimum atomic E-state index is -0.764. The molecule has 1 aromatic rings. The van der Waals surface area contributed by atoms with Gasteiger partial charge in [-0.1, -0.05) is 0 Å². The van der Waals surface area contributed by atoms with E-state index >= 15 is 0 Å². The third-order valence-electron chi connectivity index (χ3n) is 3.47. The summed E-state index contributed by atoms with van der Waals surface area (Å²) in [4.78, 5) is 35.5. The van der Waals surface area contributed by atoms with Crippen LogP contribution in [-0.2, 0) is 9.53 Å². The summed E-state index contributed by atoms with van der Waals surface area (Å²) in [6, 6.07) is 4.23. The highest BCUT2D eigenvalue weighted by molar-refractivity contribution is 5.93. The van der Waals surface area contributed by atoms with Gasteiger partial charge in [-0.05, 0) is 25.0 Å². The van der Waals surface area contributed by atoms with Crippen LogP contribution in [0.25, 0.3) is 0 Å². The van der Waals surface area contributed by atoms with Crippen LogP contribution in [0.5, 0.6) is 0 Å². The van der Waals surface area contributed by atoms with Crippen LogP contribution in [0.3, 0.4) is 0 Å². The summed E-state index contributed by atoms with van der Waals surface area (Å²) in [5, 5.41) is 13.5. The quantitative estimate of drug-likeness (QED) is 0.496. The maximum atomic E-state index is 11.8. The van der Waals surface area contributed by atoms with Gasteiger partial charge in [0.25, 0.3) is 11.6 Å². The molecule has 1 fully saturated rings. The van der Waals surface area contributed by atoms with Crippen molar-refractivity contribution in [1.29, 1.82) is 0 Å². The molecule has 8 nitrogen and oxygen atoms in total. The van der Waals surface area contributed by atoms with Crippen molar-refractivity contribution in [2.45, 2.75) is 12.8 Å². The fraction of sp³-hybridized carbons (Fsp3) is 0.429. The highest BCUT2D eigenvalue weighted by Gasteiger charge is 2.24. The van der Waals surface area contributed by atoms with Crippen molar-refractivity contribution < 1.29 is 19.2 Å². The largest absolute Gasteiger partial charge is 0.452 e. The Bertz CT molecular complexity index is 596. The molecule has 0 unspecified atom stereocenters. The molecule has 118 valence electrons. The average Bonchev–Trinajstić information content (AvgIpc) is 3.05. The second-order valence-electron chi connectivity index (χ2n) is 4.90. The van der Waals surface area contributed by atoms with Crippen LogP contribution in [-0.4, -0.2) is 43.5 Å². The topological polar surface area (TPSA) is 102 Å². The Labute approximate surface area is 127 Å². The van der Waals surface area contributed by atoms with Crippen molar-refractivity contribution in [2.24, 2.45) is 0 Å². The number of anilines is 1. The Morgan fingerprint density at radius 1 is 1.36 bits per heavy atom. The van der Waals surface area contributed by atoms with Crippen LogP contribution in [0.15, 0.2) is 18.2 Å². The van der Waals surface area contributed by atoms with E-state index in [1.807, 2.05) is 4.90 Å². The van der Waals surface area contributed by atoms with E-state index in [4.69, 9.17) is 4.74 Å². The summed E-state index contributed by atoms with van der Waals surface area (Å²) in [6.45, 7) is 1.11. The summed E-state index contributed by atoms with van der Waals surface area (Å²) in [5.74, 6) is -1.21. The van der Waals surface area contributed by atoms with Crippen LogP contribution < -0.4 is 10.2 Å². The average molecular weight is 307 g/mol. The Hall–Kier alpha value is -2.64. The van der Waals surface area contributed by atoms with Gasteiger partial charge >= 0.3 is 5.97 Å². The zero-order valence-electron chi connectivity index (χ0n) is 12.2. The first kappa shape index (κ1) is 15.7. The summed E-state index contributed by atoms with van der Waals surface area (Å²) in [7, 11) is 1.42. The van der Waals surface area contributed by atoms with E-state index in [2.05, 4.69) is 5.32 Å². The first-order valence-electron chi connectivity index (χ1n) is 6.94. The Balaban J connectivity index is 2.19. The van der Waals surface area contributed by atoms with Crippen LogP contribution in [0.2, 0.25) is 0 Å². The lowest BCUT2D eigenvalue weighted by atomic mass is 10.1. The van der Waals surface area contributed by atoms with E-state index in [1.54, 1.807) is 6.07 Å². The summed E-state index contributed by atoms with van der Waals surface area (Å²) < 4.78 is 4.79. The predicted octanol–water partition coefficient (Wildman–Crippen LogP) is 1.10. The molecule has 8 heteroatoms. The van der Waals surface area contributed by atoms with Crippen LogP contribution in [0.1, 0.15) is 23.2 Å². The second kappa shape index (κ2) is 6.88. The second-order valence-corrected chi connectivity index (χ2v) is 4.90. The summed E-state index contributed by atoms with van der Waals surface area (Å²) in [6.07, 6.45) is 1.99. The Morgan fingerprint density at radius 3 is 2.64 bits per heavy atom. The minimum absolute atomic E-state index is 0.0542. The predicted molar refractivity (Wildman–Crippen MR) is 78.9 cm³/mol. The van der Waals surface area contributed by atoms with Crippen molar-refractivity contribution >= 4 is 23.3 Å². The molecule has 0 aliphatic carbocycles. The molecule has 0 atom stereocenters. The first-order chi connectivity index (χ1) is 10.5. The number of hydrogen-bond acceptors (Lipinski definition) is 6. The third-order valence-corrected chi connectivity index (χ3v) is 3.47. The maximum Gasteiger partial charge on any atom is 0.338 e. The van der Waals surface area contributed by atoms with E-state index in [1.165, 1.54) is 19.2 Å². The van der Waals surface area contributed by atoms with Crippen LogP contribution in [0, 0.1) is 10.1 Å². The molecule has 0 bridgehead atoms. The van der Waals surface area contributed by atoms with Gasteiger partial charge in [0, 0.05) is 26.2 Å². The van der Waals surface area contributed by atoms with E-state index in [0.29, 0.717) is 5.69 Å². The van der Waals surface area contributed by atoms with Gasteiger partial charge in [0.05, 0.1) is 10.5 Å². The number of amides is 1. The standard InChI is InChI=1S/C14H17N3O5/c1-15-13(18)9-22-14(19)10-4-5-11(12(8-10)17(20)21)16-6-2-3-7-16/h4-5,8H,2-3,6-7,9H2,1H3,(H,15,18). The molecule has 1 aliphatic heterocycles. The number of esters is 1. The molecular weight excluding hydrogens is 290 g/mol. The number of carbonyl (C=O) groups is 2. The van der Waals surface area contributed by atoms with Gasteiger partial charge in [-0.3, -0.25) is 14.9 Å². The van der Waals surface area contributed by atoms with Gasteiger partial charge in [0.15, 0.2) is 6.61 Å². The van der Waals surface area contributed by atoms with E-state index in [-0.39, 0.29) is 11.3 Å². The SMILES string of the molecule is CNC(=O)COC(=O)c1ccc(N2CCCC2)c([N+](=O)[O-])c1. The molecule has 1 aliphatic rings. The fourth-order valence-electron chi connectivity index (χ4n) is 2.31. The van der Waals surface area contributed by atoms with Crippen molar-refractivity contribution in [3.8, 4) is 0 Å². The van der Waals surface area contributed by atoms with Crippen LogP contribution >= 0.6 is 0 Å². The first-order valence-corrected chi connectivity index (χ1v) is 6.94. The number of likely N-dealkylation sites (N-methyl/N-ethyl adjacent to an activating group) is 1. The number of ether oxygens (including phenoxy) is 1. The number of rotatable bonds is 5. The number of nitro groups is 1. The summed E-state index contributed by atoms with van der Waals surface area (Å²) in [5.41, 5.74) is 0.431. The molecule has 1 saturated heterocycles. The lowest BCUT2D eigenvalue weighted by Crippen LogP contribution is -2.25. The van der Waals surface area contributed by atoms with E-state index in [9.17, 15) is 19.7 Å². The van der Waals surface area contributed by atoms with Gasteiger partial charge in [0.2, 0.25) is 0 Å². The Morgan fingerprint density at radius 2 is 2.05 bits per heavy atom. The normalized spacial score (nSPS) is 13.8. The monoisotopic (exact) mass is 307 g/mol. The molecule has 1 N–H and O–H groups in total. The maximum absolute atomic E-state index is 11.8. The lowest BCUT2D eigenvalue weighted by Gasteiger charge is -2.17. The third kappa shape index (κ3) is 3.51. The van der Waals surface area contributed by atoms with Gasteiger partial charge in [-0.15, -0.1) is 0 Å². The highest BCUT2D eigenvalue weighted by Crippen LogP contribution is 2.31. The number of hydrogen-bond donors (Lipinski definition) is 1. The fourth-order valence-corrected chi connectivity index (χ4v) is 2.31. The number of nitrogens with zero attached hydrogens (tertiary/aromatic N) is 2. The zero-order valence-corrected chi connectivity index (χ0v) is 12.2. The van der Waals surface area contributed by atoms with Crippen molar-refractivity contribution in [2.75, 3.05) is 31.6 Å². The molecule has 0 radical (unpaired) electrons. The van der Waals surface area contributed by atoms with Crippen LogP contribution in [0.4, 0.5) is 11.4 Å². The molecule has 22 heavy (non-hydrogen) atoms. The van der Waals surface area contributed by atoms with Gasteiger partial charge in [0.1, 0.15) is 5.69 Å². The van der Waals surface area contributed by atoms with Crippen molar-refractivity contribution in [3.63, 3.8) is 0 Å². The number of nitrogens with one attached hydrogen (secondary N) is 1. The number of carbonyl (C=O) groups excluding carboxylic acids is 2. The molecule has 0 aromatic heterocycles. The van der Waals surface area contributed by atoms with Crippen molar-refractivity contribution in [3.05, 3.63) is 33.9 Å². The van der Waals surface area contributed by atoms with E-state index < -0.39 is 23.4 Å². The highest BCUT2D eigenvalue weighted by atomic mass is 16.6. The Kier molecular flexibility index (Phi) is 4.92. The molecule has 0 spiro atoms. The molecule has 2 rings (SSSR count). The van der Waals surface area contributed by atoms with Gasteiger partial charge < -0.3 is 15.0 Å². The van der Waals surface area contributed by atoms with Crippen molar-refractivity contribution in [1.82, 2.24) is 5.32 Å². The van der Waals surface area contributed by atoms with Gasteiger partial charge in [-0.25, -0.2) is 4.79 Å². The smallest absolute Gasteiger partial charge is 0.338 e. The molecular formula is C14H17N3O5. The minimum Gasteiger partial charge on any atom is -0.452 e. The summed E-state index contributed by atoms with van der Waals surface area (Å²) >= 11 is 0. The van der Waals surface area contributed by atoms with E-state index in [0.717, 1.165) is 25.9 Å². The lowest BCUT2D eigenvalue weighted by molar-refractivity contribution is -0.384. The molecule has 1 heterocycles. The zero-order chi connectivity index (χ0) is 16.1. The molecule has 1 amide bonds. The molecule has 1 aromatic carbocycles.